The number of aromatic amines is 1. The van der Waals surface area contributed by atoms with Gasteiger partial charge in [0.1, 0.15) is 11.2 Å². The van der Waals surface area contributed by atoms with E-state index in [1.165, 1.54) is 6.07 Å². The summed E-state index contributed by atoms with van der Waals surface area (Å²) in [5.74, 6) is -0.368. The zero-order chi connectivity index (χ0) is 22.0. The lowest BCUT2D eigenvalue weighted by Crippen LogP contribution is -2.26. The molecule has 0 aliphatic heterocycles. The first-order valence-electron chi connectivity index (χ1n) is 9.98. The number of allylic oxidation sites excluding steroid dienone is 2. The monoisotopic (exact) mass is 469 g/mol. The molecule has 3 N–H and O–H groups in total. The van der Waals surface area contributed by atoms with Crippen molar-refractivity contribution in [2.75, 3.05) is 0 Å². The summed E-state index contributed by atoms with van der Waals surface area (Å²) in [5.41, 5.74) is 4.93. The van der Waals surface area contributed by atoms with Gasteiger partial charge in [0.05, 0.1) is 10.7 Å². The fourth-order valence-electron chi connectivity index (χ4n) is 3.76. The number of benzene rings is 1. The van der Waals surface area contributed by atoms with Crippen LogP contribution in [0.4, 0.5) is 4.39 Å². The average Bonchev–Trinajstić information content (AvgIpc) is 3.31. The van der Waals surface area contributed by atoms with E-state index in [2.05, 4.69) is 27.0 Å². The van der Waals surface area contributed by atoms with Gasteiger partial charge in [0.15, 0.2) is 0 Å². The number of fused-ring (bicyclic) bond motifs is 2. The van der Waals surface area contributed by atoms with E-state index in [1.54, 1.807) is 32.4 Å². The van der Waals surface area contributed by atoms with Crippen LogP contribution in [0.5, 0.6) is 0 Å². The minimum absolute atomic E-state index is 0.306. The van der Waals surface area contributed by atoms with Crippen molar-refractivity contribution in [3.63, 3.8) is 0 Å². The van der Waals surface area contributed by atoms with E-state index in [4.69, 9.17) is 15.2 Å². The Morgan fingerprint density at radius 2 is 1.67 bits per heavy atom. The molecule has 0 atom stereocenters. The molecule has 0 radical (unpaired) electrons. The summed E-state index contributed by atoms with van der Waals surface area (Å²) >= 11 is 3.21. The molecular weight excluding hydrogens is 445 g/mol. The summed E-state index contributed by atoms with van der Waals surface area (Å²) in [6.45, 7) is 7.39. The standard InChI is InChI=1S/C22H19BrFN3O.C2H6/c1-11(25)21(15-9-27-19-8-17(23)18(24)7-14(15)19)22(12(2)26)16-10-28-20-6-4-3-5-13(16)20;1-2/h5-10,25-27H,3-4H2,1-2H3;1-2H3/b22-21-,25-11?,26-12?;. The highest BCUT2D eigenvalue weighted by Crippen LogP contribution is 2.34. The molecule has 1 aliphatic rings. The highest BCUT2D eigenvalue weighted by molar-refractivity contribution is 9.10. The van der Waals surface area contributed by atoms with E-state index >= 15 is 0 Å². The number of halogens is 2. The lowest BCUT2D eigenvalue weighted by Gasteiger charge is -2.13. The van der Waals surface area contributed by atoms with Gasteiger partial charge < -0.3 is 20.2 Å². The quantitative estimate of drug-likeness (QED) is 0.400. The molecule has 2 heterocycles. The fraction of sp³-hybridized carbons (Fsp3) is 0.250. The van der Waals surface area contributed by atoms with Gasteiger partial charge >= 0.3 is 0 Å². The predicted octanol–water partition coefficient (Wildman–Crippen LogP) is 6.03. The topological polar surface area (TPSA) is 76.6 Å². The van der Waals surface area contributed by atoms with E-state index < -0.39 is 0 Å². The van der Waals surface area contributed by atoms with Crippen LogP contribution >= 0.6 is 15.9 Å². The minimum Gasteiger partial charge on any atom is -0.464 e. The summed E-state index contributed by atoms with van der Waals surface area (Å²) in [6.07, 6.45) is 9.43. The molecule has 156 valence electrons. The molecule has 0 saturated carbocycles. The second kappa shape index (κ2) is 8.96. The first kappa shape index (κ1) is 22.0. The Labute approximate surface area is 183 Å². The highest BCUT2D eigenvalue weighted by atomic mass is 79.9. The lowest BCUT2D eigenvalue weighted by molar-refractivity contribution is 0.528. The van der Waals surface area contributed by atoms with Crippen LogP contribution in [0, 0.1) is 16.6 Å². The van der Waals surface area contributed by atoms with Crippen LogP contribution in [0.1, 0.15) is 51.7 Å². The molecule has 4 rings (SSSR count). The molecule has 4 nitrogen and oxygen atoms in total. The van der Waals surface area contributed by atoms with Crippen LogP contribution in [-0.2, 0) is 0 Å². The number of nitrogens with one attached hydrogen (secondary N) is 3. The van der Waals surface area contributed by atoms with E-state index in [0.717, 1.165) is 34.6 Å². The maximum absolute atomic E-state index is 14.2. The van der Waals surface area contributed by atoms with Crippen LogP contribution in [0.15, 0.2) is 33.5 Å². The largest absolute Gasteiger partial charge is 0.464 e. The fourth-order valence-corrected chi connectivity index (χ4v) is 4.10. The smallest absolute Gasteiger partial charge is 0.138 e. The summed E-state index contributed by atoms with van der Waals surface area (Å²) in [7, 11) is 0. The van der Waals surface area contributed by atoms with Gasteiger partial charge in [0.2, 0.25) is 0 Å². The van der Waals surface area contributed by atoms with Crippen molar-refractivity contribution in [1.29, 1.82) is 10.8 Å². The Kier molecular flexibility index (Phi) is 6.56. The van der Waals surface area contributed by atoms with Gasteiger partial charge in [-0.25, -0.2) is 4.39 Å². The van der Waals surface area contributed by atoms with Crippen molar-refractivity contribution in [1.82, 2.24) is 4.98 Å². The van der Waals surface area contributed by atoms with Gasteiger partial charge in [-0.2, -0.15) is 0 Å². The van der Waals surface area contributed by atoms with Crippen molar-refractivity contribution < 1.29 is 8.81 Å². The average molecular weight is 470 g/mol. The van der Waals surface area contributed by atoms with E-state index in [-0.39, 0.29) is 5.82 Å². The molecule has 2 aromatic heterocycles. The SMILES string of the molecule is CC.CC(=N)/C(=C(\C(C)=N)c1c[nH]c2cc(Br)c(F)cc12)c1coc2c1=CCCC=2. The minimum atomic E-state index is -0.368. The molecule has 0 amide bonds. The predicted molar refractivity (Wildman–Crippen MR) is 127 cm³/mol. The first-order valence-corrected chi connectivity index (χ1v) is 10.8. The van der Waals surface area contributed by atoms with Crippen molar-refractivity contribution in [3.05, 3.63) is 56.6 Å². The van der Waals surface area contributed by atoms with Gasteiger partial charge in [-0.3, -0.25) is 0 Å². The van der Waals surface area contributed by atoms with Crippen molar-refractivity contribution in [2.45, 2.75) is 40.5 Å². The zero-order valence-electron chi connectivity index (χ0n) is 17.5. The van der Waals surface area contributed by atoms with Gasteiger partial charge in [0, 0.05) is 56.0 Å². The van der Waals surface area contributed by atoms with E-state index in [9.17, 15) is 4.39 Å². The van der Waals surface area contributed by atoms with Crippen molar-refractivity contribution >= 4 is 61.6 Å². The summed E-state index contributed by atoms with van der Waals surface area (Å²) in [4.78, 5) is 3.16. The van der Waals surface area contributed by atoms with Crippen LogP contribution in [0.2, 0.25) is 0 Å². The number of rotatable bonds is 4. The number of hydrogen-bond donors (Lipinski definition) is 3. The van der Waals surface area contributed by atoms with E-state index in [0.29, 0.717) is 38.0 Å². The molecule has 1 aromatic carbocycles. The summed E-state index contributed by atoms with van der Waals surface area (Å²) in [6, 6.07) is 3.14. The Balaban J connectivity index is 0.00000124. The van der Waals surface area contributed by atoms with Crippen LogP contribution in [0.3, 0.4) is 0 Å². The third-order valence-corrected chi connectivity index (χ3v) is 5.57. The Bertz CT molecular complexity index is 1290. The molecule has 0 saturated heterocycles. The van der Waals surface area contributed by atoms with Crippen molar-refractivity contribution in [3.8, 4) is 0 Å². The second-order valence-electron chi connectivity index (χ2n) is 6.93. The molecular formula is C24H25BrFN3O. The number of H-pyrrole nitrogens is 1. The van der Waals surface area contributed by atoms with Crippen LogP contribution < -0.4 is 10.6 Å². The molecule has 0 bridgehead atoms. The molecule has 6 heteroatoms. The number of furan rings is 1. The molecule has 1 aliphatic carbocycles. The maximum Gasteiger partial charge on any atom is 0.138 e. The summed E-state index contributed by atoms with van der Waals surface area (Å²) in [5, 5.41) is 18.5. The Morgan fingerprint density at radius 1 is 1.03 bits per heavy atom. The van der Waals surface area contributed by atoms with Crippen LogP contribution in [0.25, 0.3) is 34.2 Å². The normalized spacial score (nSPS) is 13.4. The molecule has 30 heavy (non-hydrogen) atoms. The molecule has 3 aromatic rings. The van der Waals surface area contributed by atoms with Crippen molar-refractivity contribution in [2.24, 2.45) is 0 Å². The number of hydrogen-bond acceptors (Lipinski definition) is 3. The number of aromatic nitrogens is 1. The van der Waals surface area contributed by atoms with Crippen LogP contribution in [-0.4, -0.2) is 16.4 Å². The molecule has 0 unspecified atom stereocenters. The van der Waals surface area contributed by atoms with Gasteiger partial charge in [-0.15, -0.1) is 0 Å². The van der Waals surface area contributed by atoms with Gasteiger partial charge in [-0.05, 0) is 60.8 Å². The lowest BCUT2D eigenvalue weighted by atomic mass is 9.89. The highest BCUT2D eigenvalue weighted by Gasteiger charge is 2.22. The van der Waals surface area contributed by atoms with Gasteiger partial charge in [-0.1, -0.05) is 19.9 Å². The Hall–Kier alpha value is -2.73. The Morgan fingerprint density at radius 3 is 2.33 bits per heavy atom. The summed E-state index contributed by atoms with van der Waals surface area (Å²) < 4.78 is 20.3. The first-order chi connectivity index (χ1) is 14.4. The van der Waals surface area contributed by atoms with E-state index in [1.807, 2.05) is 19.9 Å². The maximum atomic E-state index is 14.2. The second-order valence-corrected chi connectivity index (χ2v) is 7.78. The third-order valence-electron chi connectivity index (χ3n) is 4.97. The zero-order valence-corrected chi connectivity index (χ0v) is 19.1. The van der Waals surface area contributed by atoms with Gasteiger partial charge in [0.25, 0.3) is 0 Å². The molecule has 0 fully saturated rings. The third kappa shape index (κ3) is 3.84. The molecule has 0 spiro atoms.